The predicted molar refractivity (Wildman–Crippen MR) is 91.3 cm³/mol. The van der Waals surface area contributed by atoms with E-state index in [0.717, 1.165) is 5.56 Å². The largest absolute Gasteiger partial charge is 0.468 e. The van der Waals surface area contributed by atoms with Gasteiger partial charge in [-0.3, -0.25) is 19.2 Å². The number of methoxy groups -OCH3 is 1. The molecule has 1 unspecified atom stereocenters. The van der Waals surface area contributed by atoms with Gasteiger partial charge in [0.25, 0.3) is 11.8 Å². The van der Waals surface area contributed by atoms with Gasteiger partial charge >= 0.3 is 5.97 Å². The van der Waals surface area contributed by atoms with E-state index in [0.29, 0.717) is 15.1 Å². The second kappa shape index (κ2) is 7.16. The maximum Gasteiger partial charge on any atom is 0.322 e. The Morgan fingerprint density at radius 3 is 2.56 bits per heavy atom. The Morgan fingerprint density at radius 2 is 1.88 bits per heavy atom. The molecule has 0 spiro atoms. The molecule has 7 heteroatoms. The molecule has 128 valence electrons. The monoisotopic (exact) mass is 403 g/mol. The molecule has 0 radical (unpaired) electrons. The van der Waals surface area contributed by atoms with Gasteiger partial charge in [-0.05, 0) is 23.3 Å². The molecule has 2 amide bonds. The number of rotatable bonds is 4. The number of carbonyl (C=O) groups excluding carboxylic acids is 3. The molecule has 1 heterocycles. The highest BCUT2D eigenvalue weighted by Crippen LogP contribution is 2.32. The first-order chi connectivity index (χ1) is 12.0. The molecule has 1 aliphatic rings. The van der Waals surface area contributed by atoms with E-state index < -0.39 is 23.7 Å². The number of hydroxylamine groups is 2. The first-order valence-corrected chi connectivity index (χ1v) is 8.24. The number of benzene rings is 2. The highest BCUT2D eigenvalue weighted by atomic mass is 79.9. The fraction of sp³-hybridized carbons (Fsp3) is 0.167. The molecule has 2 aromatic carbocycles. The van der Waals surface area contributed by atoms with Crippen molar-refractivity contribution in [1.29, 1.82) is 0 Å². The van der Waals surface area contributed by atoms with Crippen LogP contribution in [0.3, 0.4) is 0 Å². The lowest BCUT2D eigenvalue weighted by atomic mass is 9.89. The van der Waals surface area contributed by atoms with Gasteiger partial charge in [-0.25, -0.2) is 0 Å². The molecule has 1 atom stereocenters. The molecule has 0 bridgehead atoms. The number of halogens is 1. The number of hydrogen-bond acceptors (Lipinski definition) is 5. The van der Waals surface area contributed by atoms with Crippen LogP contribution in [0.5, 0.6) is 0 Å². The summed E-state index contributed by atoms with van der Waals surface area (Å²) in [6.07, 6.45) is 0. The highest BCUT2D eigenvalue weighted by molar-refractivity contribution is 9.10. The molecular weight excluding hydrogens is 390 g/mol. The lowest BCUT2D eigenvalue weighted by Gasteiger charge is -2.30. The third-order valence-electron chi connectivity index (χ3n) is 3.83. The molecule has 1 aliphatic heterocycles. The fourth-order valence-electron chi connectivity index (χ4n) is 2.61. The van der Waals surface area contributed by atoms with Gasteiger partial charge in [0.15, 0.2) is 5.92 Å². The minimum atomic E-state index is -1.23. The molecule has 6 nitrogen and oxygen atoms in total. The van der Waals surface area contributed by atoms with Gasteiger partial charge in [-0.15, -0.1) is 5.06 Å². The van der Waals surface area contributed by atoms with Crippen molar-refractivity contribution >= 4 is 33.7 Å². The van der Waals surface area contributed by atoms with Crippen molar-refractivity contribution in [3.63, 3.8) is 0 Å². The molecule has 0 aromatic heterocycles. The summed E-state index contributed by atoms with van der Waals surface area (Å²) >= 11 is 3.29. The van der Waals surface area contributed by atoms with Crippen LogP contribution in [0.4, 0.5) is 0 Å². The topological polar surface area (TPSA) is 72.9 Å². The van der Waals surface area contributed by atoms with Crippen LogP contribution >= 0.6 is 15.9 Å². The summed E-state index contributed by atoms with van der Waals surface area (Å²) < 4.78 is 5.38. The van der Waals surface area contributed by atoms with Gasteiger partial charge < -0.3 is 4.74 Å². The lowest BCUT2D eigenvalue weighted by Crippen LogP contribution is -2.47. The minimum absolute atomic E-state index is 0.0234. The van der Waals surface area contributed by atoms with Crippen molar-refractivity contribution in [2.45, 2.75) is 12.5 Å². The van der Waals surface area contributed by atoms with Crippen LogP contribution in [0, 0.1) is 0 Å². The normalized spacial score (nSPS) is 16.6. The van der Waals surface area contributed by atoms with E-state index in [1.807, 2.05) is 18.2 Å². The van der Waals surface area contributed by atoms with Crippen LogP contribution in [0.2, 0.25) is 0 Å². The van der Waals surface area contributed by atoms with Crippen molar-refractivity contribution in [2.24, 2.45) is 0 Å². The predicted octanol–water partition coefficient (Wildman–Crippen LogP) is 2.82. The first-order valence-electron chi connectivity index (χ1n) is 7.45. The lowest BCUT2D eigenvalue weighted by molar-refractivity contribution is -0.179. The quantitative estimate of drug-likeness (QED) is 0.445. The third kappa shape index (κ3) is 3.33. The maximum atomic E-state index is 12.7. The summed E-state index contributed by atoms with van der Waals surface area (Å²) in [5.74, 6) is -3.35. The number of ether oxygens (including phenoxy) is 1. The molecule has 0 N–H and O–H groups in total. The number of nitrogens with zero attached hydrogens (tertiary/aromatic N) is 1. The summed E-state index contributed by atoms with van der Waals surface area (Å²) in [5, 5.41) is 0.642. The number of carbonyl (C=O) groups is 3. The van der Waals surface area contributed by atoms with Gasteiger partial charge in [-0.2, -0.15) is 0 Å². The second-order valence-electron chi connectivity index (χ2n) is 5.38. The van der Waals surface area contributed by atoms with Crippen LogP contribution < -0.4 is 0 Å². The Bertz CT molecular complexity index is 837. The zero-order valence-electron chi connectivity index (χ0n) is 13.3. The van der Waals surface area contributed by atoms with Gasteiger partial charge in [0.2, 0.25) is 0 Å². The third-order valence-corrected chi connectivity index (χ3v) is 4.32. The summed E-state index contributed by atoms with van der Waals surface area (Å²) in [5.41, 5.74) is 1.32. The fourth-order valence-corrected chi connectivity index (χ4v) is 2.97. The molecule has 0 fully saturated rings. The molecule has 0 saturated carbocycles. The van der Waals surface area contributed by atoms with Gasteiger partial charge in [0.05, 0.1) is 7.11 Å². The van der Waals surface area contributed by atoms with E-state index in [4.69, 9.17) is 9.57 Å². The Morgan fingerprint density at radius 1 is 1.16 bits per heavy atom. The zero-order valence-corrected chi connectivity index (χ0v) is 14.9. The van der Waals surface area contributed by atoms with E-state index in [1.165, 1.54) is 7.11 Å². The van der Waals surface area contributed by atoms with Gasteiger partial charge in [-0.1, -0.05) is 52.3 Å². The Kier molecular flexibility index (Phi) is 4.96. The molecule has 0 saturated heterocycles. The first kappa shape index (κ1) is 17.3. The smallest absolute Gasteiger partial charge is 0.322 e. The van der Waals surface area contributed by atoms with Crippen LogP contribution in [-0.2, 0) is 25.8 Å². The minimum Gasteiger partial charge on any atom is -0.468 e. The highest BCUT2D eigenvalue weighted by Gasteiger charge is 2.44. The number of amides is 2. The molecule has 2 aromatic rings. The molecule has 0 aliphatic carbocycles. The summed E-state index contributed by atoms with van der Waals surface area (Å²) in [7, 11) is 1.19. The van der Waals surface area contributed by atoms with Gasteiger partial charge in [0.1, 0.15) is 6.61 Å². The van der Waals surface area contributed by atoms with E-state index in [1.54, 1.807) is 30.3 Å². The number of hydrogen-bond donors (Lipinski definition) is 0. The number of fused-ring (bicyclic) bond motifs is 1. The van der Waals surface area contributed by atoms with E-state index in [9.17, 15) is 14.4 Å². The standard InChI is InChI=1S/C18H14BrNO5/c1-24-18(23)15-13-8-7-12(19)9-14(13)16(21)20(17(15)22)25-10-11-5-3-2-4-6-11/h2-9,15H,10H2,1H3. The van der Waals surface area contributed by atoms with Crippen molar-refractivity contribution in [1.82, 2.24) is 5.06 Å². The second-order valence-corrected chi connectivity index (χ2v) is 6.30. The number of imide groups is 1. The maximum absolute atomic E-state index is 12.7. The summed E-state index contributed by atoms with van der Waals surface area (Å²) in [6.45, 7) is 0.0234. The SMILES string of the molecule is COC(=O)C1C(=O)N(OCc2ccccc2)C(=O)c2cc(Br)ccc21. The molecule has 25 heavy (non-hydrogen) atoms. The van der Waals surface area contributed by atoms with Crippen LogP contribution in [0.25, 0.3) is 0 Å². The van der Waals surface area contributed by atoms with Crippen molar-refractivity contribution in [3.8, 4) is 0 Å². The molecule has 3 rings (SSSR count). The van der Waals surface area contributed by atoms with E-state index in [2.05, 4.69) is 15.9 Å². The zero-order chi connectivity index (χ0) is 18.0. The van der Waals surface area contributed by atoms with E-state index in [-0.39, 0.29) is 12.2 Å². The van der Waals surface area contributed by atoms with Crippen LogP contribution in [-0.4, -0.2) is 30.0 Å². The Balaban J connectivity index is 1.95. The average molecular weight is 404 g/mol. The average Bonchev–Trinajstić information content (AvgIpc) is 2.63. The van der Waals surface area contributed by atoms with Crippen LogP contribution in [0.1, 0.15) is 27.4 Å². The number of esters is 1. The summed E-state index contributed by atoms with van der Waals surface area (Å²) in [4.78, 5) is 42.9. The molecular formula is C18H14BrNO5. The summed E-state index contributed by atoms with van der Waals surface area (Å²) in [6, 6.07) is 13.9. The van der Waals surface area contributed by atoms with Crippen molar-refractivity contribution in [3.05, 3.63) is 69.7 Å². The Labute approximate surface area is 152 Å². The van der Waals surface area contributed by atoms with E-state index >= 15 is 0 Å². The van der Waals surface area contributed by atoms with Crippen molar-refractivity contribution in [2.75, 3.05) is 7.11 Å². The van der Waals surface area contributed by atoms with Crippen molar-refractivity contribution < 1.29 is 24.0 Å². The van der Waals surface area contributed by atoms with Gasteiger partial charge in [0, 0.05) is 10.0 Å². The van der Waals surface area contributed by atoms with Crippen LogP contribution in [0.15, 0.2) is 53.0 Å². The Hall–Kier alpha value is -2.51.